The standard InChI is InChI=1S/C13H16O4S/c1-13(2,3)7-18-10-5-8(11(14)15)4-9(6-10)12(16)17/h4-6H,7H2,1-3H3,(H,14,15)(H,16,17)/p-1. The van der Waals surface area contributed by atoms with Crippen LogP contribution in [0, 0.1) is 5.41 Å². The van der Waals surface area contributed by atoms with Gasteiger partial charge in [-0.05, 0) is 29.2 Å². The first-order valence-corrected chi connectivity index (χ1v) is 6.40. The summed E-state index contributed by atoms with van der Waals surface area (Å²) < 4.78 is 0. The number of hydrogen-bond donors (Lipinski definition) is 1. The van der Waals surface area contributed by atoms with E-state index in [4.69, 9.17) is 5.11 Å². The van der Waals surface area contributed by atoms with E-state index >= 15 is 0 Å². The van der Waals surface area contributed by atoms with E-state index in [0.29, 0.717) is 4.90 Å². The molecule has 0 saturated carbocycles. The molecule has 0 spiro atoms. The van der Waals surface area contributed by atoms with E-state index in [1.54, 1.807) is 0 Å². The highest BCUT2D eigenvalue weighted by Gasteiger charge is 2.13. The Hall–Kier alpha value is -1.49. The van der Waals surface area contributed by atoms with Crippen LogP contribution in [0.1, 0.15) is 41.5 Å². The van der Waals surface area contributed by atoms with Crippen molar-refractivity contribution in [1.82, 2.24) is 0 Å². The molecule has 0 aliphatic rings. The summed E-state index contributed by atoms with van der Waals surface area (Å²) in [6.07, 6.45) is 0. The summed E-state index contributed by atoms with van der Waals surface area (Å²) in [7, 11) is 0. The number of carbonyl (C=O) groups is 2. The zero-order valence-electron chi connectivity index (χ0n) is 10.5. The Bertz CT molecular complexity index is 442. The van der Waals surface area contributed by atoms with Crippen molar-refractivity contribution in [2.75, 3.05) is 5.75 Å². The fourth-order valence-electron chi connectivity index (χ4n) is 1.22. The predicted molar refractivity (Wildman–Crippen MR) is 67.9 cm³/mol. The Labute approximate surface area is 110 Å². The fourth-order valence-corrected chi connectivity index (χ4v) is 2.24. The van der Waals surface area contributed by atoms with Gasteiger partial charge in [0.2, 0.25) is 0 Å². The zero-order chi connectivity index (χ0) is 13.9. The molecule has 1 aromatic carbocycles. The molecule has 0 atom stereocenters. The first kappa shape index (κ1) is 14.6. The minimum atomic E-state index is -1.37. The Morgan fingerprint density at radius 2 is 1.78 bits per heavy atom. The van der Waals surface area contributed by atoms with Crippen molar-refractivity contribution >= 4 is 23.7 Å². The Kier molecular flexibility index (Phi) is 4.40. The first-order valence-electron chi connectivity index (χ1n) is 5.41. The van der Waals surface area contributed by atoms with Gasteiger partial charge in [-0.15, -0.1) is 11.8 Å². The normalized spacial score (nSPS) is 11.3. The number of thioether (sulfide) groups is 1. The van der Waals surface area contributed by atoms with Crippen molar-refractivity contribution < 1.29 is 19.8 Å². The molecule has 4 nitrogen and oxygen atoms in total. The van der Waals surface area contributed by atoms with Crippen molar-refractivity contribution in [1.29, 1.82) is 0 Å². The van der Waals surface area contributed by atoms with Crippen LogP contribution in [0.5, 0.6) is 0 Å². The maximum atomic E-state index is 10.9. The summed E-state index contributed by atoms with van der Waals surface area (Å²) in [6.45, 7) is 6.17. The summed E-state index contributed by atoms with van der Waals surface area (Å²) in [5.74, 6) is -1.74. The molecule has 98 valence electrons. The van der Waals surface area contributed by atoms with E-state index in [0.717, 1.165) is 11.8 Å². The van der Waals surface area contributed by atoms with Gasteiger partial charge >= 0.3 is 5.97 Å². The molecule has 5 heteroatoms. The average molecular weight is 267 g/mol. The second-order valence-corrected chi connectivity index (χ2v) is 6.24. The lowest BCUT2D eigenvalue weighted by molar-refractivity contribution is -0.255. The Morgan fingerprint density at radius 3 is 2.22 bits per heavy atom. The lowest BCUT2D eigenvalue weighted by Crippen LogP contribution is -2.22. The van der Waals surface area contributed by atoms with Gasteiger partial charge in [0, 0.05) is 10.6 Å². The molecule has 0 bridgehead atoms. The number of benzene rings is 1. The second kappa shape index (κ2) is 5.44. The third-order valence-electron chi connectivity index (χ3n) is 2.06. The molecule has 1 rings (SSSR count). The minimum Gasteiger partial charge on any atom is -0.545 e. The lowest BCUT2D eigenvalue weighted by atomic mass is 10.0. The van der Waals surface area contributed by atoms with Gasteiger partial charge in [0.25, 0.3) is 0 Å². The summed E-state index contributed by atoms with van der Waals surface area (Å²) in [5, 5.41) is 19.7. The maximum Gasteiger partial charge on any atom is 0.335 e. The van der Waals surface area contributed by atoms with Gasteiger partial charge in [-0.1, -0.05) is 20.8 Å². The largest absolute Gasteiger partial charge is 0.545 e. The number of carbonyl (C=O) groups excluding carboxylic acids is 1. The van der Waals surface area contributed by atoms with Gasteiger partial charge in [0.15, 0.2) is 0 Å². The zero-order valence-corrected chi connectivity index (χ0v) is 11.3. The lowest BCUT2D eigenvalue weighted by Gasteiger charge is -2.17. The molecule has 0 heterocycles. The van der Waals surface area contributed by atoms with Crippen LogP contribution >= 0.6 is 11.8 Å². The molecule has 0 aliphatic heterocycles. The smallest absolute Gasteiger partial charge is 0.335 e. The average Bonchev–Trinajstić information content (AvgIpc) is 2.25. The monoisotopic (exact) mass is 267 g/mol. The van der Waals surface area contributed by atoms with E-state index in [1.807, 2.05) is 0 Å². The first-order chi connectivity index (χ1) is 8.19. The van der Waals surface area contributed by atoms with Crippen molar-refractivity contribution in [3.63, 3.8) is 0 Å². The summed E-state index contributed by atoms with van der Waals surface area (Å²) >= 11 is 1.44. The van der Waals surface area contributed by atoms with E-state index in [2.05, 4.69) is 20.8 Å². The molecule has 0 unspecified atom stereocenters. The molecule has 18 heavy (non-hydrogen) atoms. The van der Waals surface area contributed by atoms with Crippen LogP contribution in [-0.2, 0) is 0 Å². The Morgan fingerprint density at radius 1 is 1.22 bits per heavy atom. The van der Waals surface area contributed by atoms with Gasteiger partial charge in [0.05, 0.1) is 11.5 Å². The highest BCUT2D eigenvalue weighted by molar-refractivity contribution is 7.99. The quantitative estimate of drug-likeness (QED) is 0.843. The van der Waals surface area contributed by atoms with Crippen LogP contribution in [-0.4, -0.2) is 22.8 Å². The fraction of sp³-hybridized carbons (Fsp3) is 0.385. The van der Waals surface area contributed by atoms with Crippen LogP contribution in [0.25, 0.3) is 0 Å². The molecule has 0 fully saturated rings. The topological polar surface area (TPSA) is 77.4 Å². The molecule has 1 N–H and O–H groups in total. The maximum absolute atomic E-state index is 10.9. The summed E-state index contributed by atoms with van der Waals surface area (Å²) in [4.78, 5) is 22.4. The molecule has 0 saturated heterocycles. The van der Waals surface area contributed by atoms with Gasteiger partial charge in [-0.2, -0.15) is 0 Å². The summed E-state index contributed by atoms with van der Waals surface area (Å²) in [5.41, 5.74) is -0.0645. The van der Waals surface area contributed by atoms with Crippen LogP contribution in [0.15, 0.2) is 23.1 Å². The van der Waals surface area contributed by atoms with E-state index in [1.165, 1.54) is 23.9 Å². The van der Waals surface area contributed by atoms with Crippen molar-refractivity contribution in [3.8, 4) is 0 Å². The number of hydrogen-bond acceptors (Lipinski definition) is 4. The third-order valence-corrected chi connectivity index (χ3v) is 3.64. The van der Waals surface area contributed by atoms with Crippen LogP contribution in [0.4, 0.5) is 0 Å². The van der Waals surface area contributed by atoms with Crippen LogP contribution in [0.3, 0.4) is 0 Å². The molecule has 0 aliphatic carbocycles. The van der Waals surface area contributed by atoms with Crippen LogP contribution < -0.4 is 5.11 Å². The Balaban J connectivity index is 3.04. The number of carboxylic acids is 2. The van der Waals surface area contributed by atoms with Crippen LogP contribution in [0.2, 0.25) is 0 Å². The number of rotatable bonds is 4. The van der Waals surface area contributed by atoms with E-state index in [-0.39, 0.29) is 16.5 Å². The van der Waals surface area contributed by atoms with E-state index < -0.39 is 11.9 Å². The molecule has 1 aromatic rings. The van der Waals surface area contributed by atoms with Crippen molar-refractivity contribution in [2.45, 2.75) is 25.7 Å². The predicted octanol–water partition coefficient (Wildman–Crippen LogP) is 1.89. The third kappa shape index (κ3) is 4.41. The van der Waals surface area contributed by atoms with Crippen molar-refractivity contribution in [2.24, 2.45) is 5.41 Å². The molecular weight excluding hydrogens is 252 g/mol. The van der Waals surface area contributed by atoms with Gasteiger partial charge in [0.1, 0.15) is 0 Å². The second-order valence-electron chi connectivity index (χ2n) is 5.19. The van der Waals surface area contributed by atoms with Gasteiger partial charge in [-0.3, -0.25) is 0 Å². The molecule has 0 amide bonds. The molecular formula is C13H15O4S-. The number of carboxylic acid groups (broad SMARTS) is 2. The minimum absolute atomic E-state index is 0.0342. The highest BCUT2D eigenvalue weighted by atomic mass is 32.2. The molecule has 0 aromatic heterocycles. The number of aromatic carboxylic acids is 2. The molecule has 0 radical (unpaired) electrons. The summed E-state index contributed by atoms with van der Waals surface area (Å²) in [6, 6.07) is 4.03. The SMILES string of the molecule is CC(C)(C)CSc1cc(C(=O)[O-])cc(C(=O)O)c1. The van der Waals surface area contributed by atoms with Crippen molar-refractivity contribution in [3.05, 3.63) is 29.3 Å². The highest BCUT2D eigenvalue weighted by Crippen LogP contribution is 2.28. The van der Waals surface area contributed by atoms with Gasteiger partial charge < -0.3 is 15.0 Å². The van der Waals surface area contributed by atoms with E-state index in [9.17, 15) is 14.7 Å². The van der Waals surface area contributed by atoms with Gasteiger partial charge in [-0.25, -0.2) is 4.79 Å².